The van der Waals surface area contributed by atoms with E-state index in [1.54, 1.807) is 0 Å². The van der Waals surface area contributed by atoms with Crippen LogP contribution in [0.3, 0.4) is 0 Å². The van der Waals surface area contributed by atoms with E-state index in [1.165, 1.54) is 11.1 Å². The van der Waals surface area contributed by atoms with Gasteiger partial charge < -0.3 is 15.0 Å². The van der Waals surface area contributed by atoms with Gasteiger partial charge in [-0.15, -0.1) is 0 Å². The van der Waals surface area contributed by atoms with Gasteiger partial charge in [0.25, 0.3) is 0 Å². The lowest BCUT2D eigenvalue weighted by Gasteiger charge is -2.42. The van der Waals surface area contributed by atoms with Crippen LogP contribution in [-0.4, -0.2) is 43.1 Å². The van der Waals surface area contributed by atoms with Crippen LogP contribution in [0.2, 0.25) is 0 Å². The Labute approximate surface area is 149 Å². The number of alkyl carbamates (subject to hydrolysis) is 1. The Hall–Kier alpha value is -2.04. The Bertz CT molecular complexity index is 646. The molecule has 2 saturated heterocycles. The lowest BCUT2D eigenvalue weighted by Crippen LogP contribution is -2.49. The number of rotatable bonds is 3. The molecule has 5 nitrogen and oxygen atoms in total. The van der Waals surface area contributed by atoms with Crippen molar-refractivity contribution in [1.82, 2.24) is 10.2 Å². The molecule has 0 spiro atoms. The molecule has 3 rings (SSSR count). The van der Waals surface area contributed by atoms with E-state index >= 15 is 0 Å². The first kappa shape index (κ1) is 17.8. The topological polar surface area (TPSA) is 58.6 Å². The second-order valence-corrected chi connectivity index (χ2v) is 7.84. The number of carbonyl (C=O) groups excluding carboxylic acids is 2. The van der Waals surface area contributed by atoms with Crippen LogP contribution >= 0.6 is 0 Å². The lowest BCUT2D eigenvalue weighted by atomic mass is 9.76. The van der Waals surface area contributed by atoms with E-state index in [9.17, 15) is 9.59 Å². The largest absolute Gasteiger partial charge is 0.450 e. The van der Waals surface area contributed by atoms with Crippen molar-refractivity contribution in [3.8, 4) is 0 Å². The summed E-state index contributed by atoms with van der Waals surface area (Å²) in [6, 6.07) is 8.64. The number of nitrogens with one attached hydrogen (secondary N) is 1. The molecule has 2 atom stereocenters. The van der Waals surface area contributed by atoms with Crippen LogP contribution < -0.4 is 5.32 Å². The smallest absolute Gasteiger partial charge is 0.407 e. The first-order chi connectivity index (χ1) is 12.0. The fourth-order valence-corrected chi connectivity index (χ4v) is 4.09. The van der Waals surface area contributed by atoms with Crippen molar-refractivity contribution in [2.75, 3.05) is 26.2 Å². The predicted molar refractivity (Wildman–Crippen MR) is 96.3 cm³/mol. The van der Waals surface area contributed by atoms with E-state index in [0.717, 1.165) is 32.4 Å². The minimum atomic E-state index is -0.418. The van der Waals surface area contributed by atoms with Crippen molar-refractivity contribution in [3.05, 3.63) is 35.4 Å². The third kappa shape index (κ3) is 4.53. The van der Waals surface area contributed by atoms with Gasteiger partial charge >= 0.3 is 6.09 Å². The van der Waals surface area contributed by atoms with Crippen LogP contribution in [0.1, 0.15) is 37.3 Å². The van der Waals surface area contributed by atoms with Gasteiger partial charge in [0.2, 0.25) is 5.91 Å². The average Bonchev–Trinajstić information content (AvgIpc) is 2.78. The van der Waals surface area contributed by atoms with Crippen LogP contribution in [0, 0.1) is 18.3 Å². The molecule has 2 heterocycles. The quantitative estimate of drug-likeness (QED) is 0.917. The zero-order valence-electron chi connectivity index (χ0n) is 15.2. The lowest BCUT2D eigenvalue weighted by molar-refractivity contribution is -0.139. The van der Waals surface area contributed by atoms with E-state index < -0.39 is 6.09 Å². The molecule has 0 radical (unpaired) electrons. The van der Waals surface area contributed by atoms with Gasteiger partial charge in [-0.1, -0.05) is 36.8 Å². The zero-order chi connectivity index (χ0) is 17.9. The van der Waals surface area contributed by atoms with Gasteiger partial charge in [-0.3, -0.25) is 4.79 Å². The molecule has 25 heavy (non-hydrogen) atoms. The molecule has 0 aliphatic carbocycles. The first-order valence-electron chi connectivity index (χ1n) is 9.20. The number of amides is 2. The Morgan fingerprint density at radius 2 is 2.28 bits per heavy atom. The molecule has 1 aromatic carbocycles. The third-order valence-corrected chi connectivity index (χ3v) is 5.35. The van der Waals surface area contributed by atoms with E-state index in [4.69, 9.17) is 4.74 Å². The number of carbonyl (C=O) groups is 2. The van der Waals surface area contributed by atoms with Crippen molar-refractivity contribution < 1.29 is 14.3 Å². The van der Waals surface area contributed by atoms with Gasteiger partial charge in [0, 0.05) is 19.6 Å². The molecule has 2 aliphatic heterocycles. The predicted octanol–water partition coefficient (Wildman–Crippen LogP) is 2.91. The summed E-state index contributed by atoms with van der Waals surface area (Å²) >= 11 is 0. The minimum absolute atomic E-state index is 0.103. The second kappa shape index (κ2) is 7.46. The van der Waals surface area contributed by atoms with Crippen molar-refractivity contribution in [1.29, 1.82) is 0 Å². The maximum atomic E-state index is 12.9. The normalized spacial score (nSPS) is 27.2. The number of cyclic esters (lactones) is 1. The van der Waals surface area contributed by atoms with Crippen LogP contribution in [-0.2, 0) is 16.0 Å². The van der Waals surface area contributed by atoms with Crippen LogP contribution in [0.15, 0.2) is 24.3 Å². The number of aryl methyl sites for hydroxylation is 1. The van der Waals surface area contributed by atoms with Gasteiger partial charge in [0.05, 0.1) is 12.5 Å². The third-order valence-electron chi connectivity index (χ3n) is 5.35. The summed E-state index contributed by atoms with van der Waals surface area (Å²) in [5.41, 5.74) is 2.72. The first-order valence-corrected chi connectivity index (χ1v) is 9.20. The van der Waals surface area contributed by atoms with E-state index in [1.807, 2.05) is 4.90 Å². The molecule has 2 fully saturated rings. The number of benzene rings is 1. The molecule has 2 amide bonds. The van der Waals surface area contributed by atoms with E-state index in [0.29, 0.717) is 19.6 Å². The molecular formula is C20H28N2O3. The summed E-state index contributed by atoms with van der Waals surface area (Å²) in [7, 11) is 0. The van der Waals surface area contributed by atoms with Gasteiger partial charge in [0.15, 0.2) is 0 Å². The molecule has 1 aromatic rings. The fraction of sp³-hybridized carbons (Fsp3) is 0.600. The number of hydrogen-bond acceptors (Lipinski definition) is 3. The summed E-state index contributed by atoms with van der Waals surface area (Å²) < 4.78 is 4.98. The van der Waals surface area contributed by atoms with Crippen molar-refractivity contribution >= 4 is 12.0 Å². The summed E-state index contributed by atoms with van der Waals surface area (Å²) in [6.45, 7) is 6.69. The highest BCUT2D eigenvalue weighted by Crippen LogP contribution is 2.34. The van der Waals surface area contributed by atoms with Gasteiger partial charge in [0.1, 0.15) is 0 Å². The molecule has 0 saturated carbocycles. The average molecular weight is 344 g/mol. The summed E-state index contributed by atoms with van der Waals surface area (Å²) in [4.78, 5) is 26.2. The number of nitrogens with zero attached hydrogens (tertiary/aromatic N) is 1. The van der Waals surface area contributed by atoms with E-state index in [-0.39, 0.29) is 17.2 Å². The highest BCUT2D eigenvalue weighted by Gasteiger charge is 2.36. The molecule has 0 bridgehead atoms. The van der Waals surface area contributed by atoms with Gasteiger partial charge in [-0.25, -0.2) is 4.79 Å². The highest BCUT2D eigenvalue weighted by molar-refractivity contribution is 5.80. The maximum Gasteiger partial charge on any atom is 0.407 e. The molecule has 136 valence electrons. The van der Waals surface area contributed by atoms with Crippen LogP contribution in [0.4, 0.5) is 4.79 Å². The number of hydrogen-bond donors (Lipinski definition) is 1. The van der Waals surface area contributed by atoms with Gasteiger partial charge in [-0.05, 0) is 43.6 Å². The molecular weight excluding hydrogens is 316 g/mol. The summed E-state index contributed by atoms with van der Waals surface area (Å²) in [5.74, 6) is -0.0197. The molecule has 5 heteroatoms. The number of ether oxygens (including phenoxy) is 1. The van der Waals surface area contributed by atoms with Crippen molar-refractivity contribution in [2.24, 2.45) is 11.3 Å². The maximum absolute atomic E-state index is 12.9. The SMILES string of the molecule is Cc1cccc(C[C@]2(C)CCCN(C(=O)[C@@H]3CCOC(=O)NC3)C2)c1. The van der Waals surface area contributed by atoms with Crippen LogP contribution in [0.5, 0.6) is 0 Å². The van der Waals surface area contributed by atoms with E-state index in [2.05, 4.69) is 43.4 Å². The number of likely N-dealkylation sites (tertiary alicyclic amines) is 1. The van der Waals surface area contributed by atoms with Gasteiger partial charge in [-0.2, -0.15) is 0 Å². The minimum Gasteiger partial charge on any atom is -0.450 e. The molecule has 0 unspecified atom stereocenters. The Kier molecular flexibility index (Phi) is 5.30. The molecule has 1 N–H and O–H groups in total. The standard InChI is InChI=1S/C20H28N2O3/c1-15-5-3-6-16(11-15)12-20(2)8-4-9-22(14-20)18(23)17-7-10-25-19(24)21-13-17/h3,5-6,11,17H,4,7-10,12-14H2,1-2H3,(H,21,24)/t17-,20+/m1/s1. The Morgan fingerprint density at radius 3 is 3.08 bits per heavy atom. The fourth-order valence-electron chi connectivity index (χ4n) is 4.09. The summed E-state index contributed by atoms with van der Waals surface area (Å²) in [5, 5.41) is 2.67. The highest BCUT2D eigenvalue weighted by atomic mass is 16.5. The van der Waals surface area contributed by atoms with Crippen molar-refractivity contribution in [3.63, 3.8) is 0 Å². The Balaban J connectivity index is 1.65. The second-order valence-electron chi connectivity index (χ2n) is 7.84. The Morgan fingerprint density at radius 1 is 1.44 bits per heavy atom. The summed E-state index contributed by atoms with van der Waals surface area (Å²) in [6.07, 6.45) is 3.34. The monoisotopic (exact) mass is 344 g/mol. The number of piperidine rings is 1. The van der Waals surface area contributed by atoms with Crippen LogP contribution in [0.25, 0.3) is 0 Å². The molecule has 2 aliphatic rings. The van der Waals surface area contributed by atoms with Crippen molar-refractivity contribution in [2.45, 2.75) is 39.5 Å². The molecule has 0 aromatic heterocycles. The zero-order valence-corrected chi connectivity index (χ0v) is 15.2.